The number of anilines is 1. The molecule has 0 bridgehead atoms. The van der Waals surface area contributed by atoms with Crippen LogP contribution < -0.4 is 15.4 Å². The molecule has 0 saturated carbocycles. The number of nitrogens with one attached hydrogen (secondary N) is 2. The van der Waals surface area contributed by atoms with Crippen molar-refractivity contribution in [3.8, 4) is 5.75 Å². The van der Waals surface area contributed by atoms with E-state index in [1.54, 1.807) is 7.11 Å². The zero-order valence-corrected chi connectivity index (χ0v) is 18.2. The lowest BCUT2D eigenvalue weighted by Gasteiger charge is -2.28. The Bertz CT molecular complexity index is 1030. The maximum Gasteiger partial charge on any atom is 0.246 e. The average molecular weight is 420 g/mol. The monoisotopic (exact) mass is 419 g/mol. The van der Waals surface area contributed by atoms with Gasteiger partial charge in [0.1, 0.15) is 17.6 Å². The number of aromatic nitrogens is 3. The zero-order chi connectivity index (χ0) is 21.8. The molecule has 2 aromatic carbocycles. The number of carbonyl (C=O) groups excluding carboxylic acids is 1. The van der Waals surface area contributed by atoms with Gasteiger partial charge >= 0.3 is 0 Å². The fourth-order valence-corrected chi connectivity index (χ4v) is 3.83. The lowest BCUT2D eigenvalue weighted by molar-refractivity contribution is -0.118. The van der Waals surface area contributed by atoms with Crippen LogP contribution in [0.15, 0.2) is 54.6 Å². The lowest BCUT2D eigenvalue weighted by atomic mass is 10.0. The van der Waals surface area contributed by atoms with E-state index < -0.39 is 6.04 Å². The first kappa shape index (κ1) is 21.1. The molecule has 1 aliphatic heterocycles. The largest absolute Gasteiger partial charge is 0.497 e. The van der Waals surface area contributed by atoms with E-state index in [0.717, 1.165) is 30.1 Å². The molecule has 2 N–H and O–H groups in total. The highest BCUT2D eigenvalue weighted by molar-refractivity contribution is 5.95. The van der Waals surface area contributed by atoms with Crippen LogP contribution in [-0.4, -0.2) is 33.8 Å². The standard InChI is InChI=1S/C24H29N5O2/c1-16(2)23-27-21-13-12-19(15-29(21)28-23)25-22(17-8-5-4-6-9-17)24(30)26-18-10-7-11-20(14-18)31-3/h4-11,14,16,19,22,25H,12-13,15H2,1-3H3,(H,26,30). The summed E-state index contributed by atoms with van der Waals surface area (Å²) in [6.07, 6.45) is 1.75. The molecule has 2 unspecified atom stereocenters. The molecule has 31 heavy (non-hydrogen) atoms. The van der Waals surface area contributed by atoms with Gasteiger partial charge < -0.3 is 10.1 Å². The van der Waals surface area contributed by atoms with Gasteiger partial charge in [0.05, 0.1) is 13.7 Å². The van der Waals surface area contributed by atoms with Crippen LogP contribution in [0.3, 0.4) is 0 Å². The highest BCUT2D eigenvalue weighted by atomic mass is 16.5. The van der Waals surface area contributed by atoms with Crippen LogP contribution in [0, 0.1) is 0 Å². The summed E-state index contributed by atoms with van der Waals surface area (Å²) in [6.45, 7) is 4.90. The smallest absolute Gasteiger partial charge is 0.246 e. The number of nitrogens with zero attached hydrogens (tertiary/aromatic N) is 3. The van der Waals surface area contributed by atoms with Gasteiger partial charge in [0.25, 0.3) is 0 Å². The number of carbonyl (C=O) groups is 1. The van der Waals surface area contributed by atoms with Crippen LogP contribution in [-0.2, 0) is 17.8 Å². The Morgan fingerprint density at radius 1 is 1.16 bits per heavy atom. The molecule has 0 spiro atoms. The van der Waals surface area contributed by atoms with Crippen LogP contribution in [0.4, 0.5) is 5.69 Å². The van der Waals surface area contributed by atoms with Crippen molar-refractivity contribution in [3.63, 3.8) is 0 Å². The number of aryl methyl sites for hydroxylation is 1. The molecule has 2 heterocycles. The minimum Gasteiger partial charge on any atom is -0.497 e. The molecule has 162 valence electrons. The molecule has 0 saturated heterocycles. The molecule has 1 aliphatic rings. The van der Waals surface area contributed by atoms with Gasteiger partial charge in [-0.1, -0.05) is 50.2 Å². The summed E-state index contributed by atoms with van der Waals surface area (Å²) < 4.78 is 7.26. The number of hydrogen-bond acceptors (Lipinski definition) is 5. The van der Waals surface area contributed by atoms with Gasteiger partial charge in [-0.15, -0.1) is 0 Å². The van der Waals surface area contributed by atoms with Gasteiger partial charge in [-0.05, 0) is 24.1 Å². The summed E-state index contributed by atoms with van der Waals surface area (Å²) >= 11 is 0. The number of amides is 1. The second-order valence-corrected chi connectivity index (χ2v) is 8.19. The predicted octanol–water partition coefficient (Wildman–Crippen LogP) is 3.69. The first-order valence-corrected chi connectivity index (χ1v) is 10.7. The molecule has 4 rings (SSSR count). The second-order valence-electron chi connectivity index (χ2n) is 8.19. The van der Waals surface area contributed by atoms with Crippen molar-refractivity contribution in [2.24, 2.45) is 0 Å². The molecule has 3 aromatic rings. The van der Waals surface area contributed by atoms with Crippen molar-refractivity contribution >= 4 is 11.6 Å². The normalized spacial score (nSPS) is 16.6. The number of ether oxygens (including phenoxy) is 1. The molecule has 1 aromatic heterocycles. The van der Waals surface area contributed by atoms with Crippen LogP contribution in [0.25, 0.3) is 0 Å². The maximum absolute atomic E-state index is 13.3. The van der Waals surface area contributed by atoms with Crippen LogP contribution in [0.5, 0.6) is 5.75 Å². The lowest BCUT2D eigenvalue weighted by Crippen LogP contribution is -2.44. The molecule has 7 nitrogen and oxygen atoms in total. The summed E-state index contributed by atoms with van der Waals surface area (Å²) in [5, 5.41) is 11.3. The fourth-order valence-electron chi connectivity index (χ4n) is 3.83. The van der Waals surface area contributed by atoms with E-state index in [9.17, 15) is 4.79 Å². The second kappa shape index (κ2) is 9.31. The number of methoxy groups -OCH3 is 1. The Kier molecular flexibility index (Phi) is 6.32. The Balaban J connectivity index is 1.52. The Morgan fingerprint density at radius 2 is 1.97 bits per heavy atom. The molecule has 2 atom stereocenters. The van der Waals surface area contributed by atoms with E-state index in [2.05, 4.69) is 34.6 Å². The number of benzene rings is 2. The van der Waals surface area contributed by atoms with Gasteiger partial charge in [-0.2, -0.15) is 5.10 Å². The minimum absolute atomic E-state index is 0.105. The van der Waals surface area contributed by atoms with Crippen LogP contribution in [0.2, 0.25) is 0 Å². The third kappa shape index (κ3) is 4.94. The summed E-state index contributed by atoms with van der Waals surface area (Å²) in [5.74, 6) is 2.81. The third-order valence-electron chi connectivity index (χ3n) is 5.53. The van der Waals surface area contributed by atoms with Crippen molar-refractivity contribution in [1.29, 1.82) is 0 Å². The summed E-state index contributed by atoms with van der Waals surface area (Å²) in [5.41, 5.74) is 1.63. The summed E-state index contributed by atoms with van der Waals surface area (Å²) in [6, 6.07) is 16.8. The van der Waals surface area contributed by atoms with Gasteiger partial charge in [-0.3, -0.25) is 10.1 Å². The summed E-state index contributed by atoms with van der Waals surface area (Å²) in [7, 11) is 1.61. The van der Waals surface area contributed by atoms with Gasteiger partial charge in [0.2, 0.25) is 5.91 Å². The number of fused-ring (bicyclic) bond motifs is 1. The molecular weight excluding hydrogens is 390 g/mol. The molecule has 1 amide bonds. The van der Waals surface area contributed by atoms with E-state index in [1.807, 2.05) is 59.3 Å². The van der Waals surface area contributed by atoms with E-state index in [4.69, 9.17) is 4.74 Å². The average Bonchev–Trinajstić information content (AvgIpc) is 3.22. The third-order valence-corrected chi connectivity index (χ3v) is 5.53. The van der Waals surface area contributed by atoms with Crippen molar-refractivity contribution in [2.75, 3.05) is 12.4 Å². The quantitative estimate of drug-likeness (QED) is 0.610. The topological polar surface area (TPSA) is 81.1 Å². The summed E-state index contributed by atoms with van der Waals surface area (Å²) in [4.78, 5) is 17.9. The number of hydrogen-bond donors (Lipinski definition) is 2. The van der Waals surface area contributed by atoms with E-state index in [0.29, 0.717) is 23.9 Å². The van der Waals surface area contributed by atoms with Crippen molar-refractivity contribution < 1.29 is 9.53 Å². The minimum atomic E-state index is -0.480. The fraction of sp³-hybridized carbons (Fsp3) is 0.375. The molecule has 7 heteroatoms. The molecule has 0 aliphatic carbocycles. The predicted molar refractivity (Wildman–Crippen MR) is 120 cm³/mol. The Labute approximate surface area is 182 Å². The van der Waals surface area contributed by atoms with Crippen molar-refractivity contribution in [1.82, 2.24) is 20.1 Å². The first-order valence-electron chi connectivity index (χ1n) is 10.7. The molecular formula is C24H29N5O2. The SMILES string of the molecule is COc1cccc(NC(=O)C(NC2CCc3nc(C(C)C)nn3C2)c2ccccc2)c1. The zero-order valence-electron chi connectivity index (χ0n) is 18.2. The van der Waals surface area contributed by atoms with Crippen molar-refractivity contribution in [3.05, 3.63) is 71.8 Å². The van der Waals surface area contributed by atoms with E-state index in [1.165, 1.54) is 0 Å². The first-order chi connectivity index (χ1) is 15.0. The Morgan fingerprint density at radius 3 is 2.71 bits per heavy atom. The highest BCUT2D eigenvalue weighted by Crippen LogP contribution is 2.23. The maximum atomic E-state index is 13.3. The molecule has 0 fully saturated rings. The van der Waals surface area contributed by atoms with Gasteiger partial charge in [0, 0.05) is 30.1 Å². The van der Waals surface area contributed by atoms with E-state index >= 15 is 0 Å². The van der Waals surface area contributed by atoms with Crippen LogP contribution in [0.1, 0.15) is 49.4 Å². The van der Waals surface area contributed by atoms with Crippen molar-refractivity contribution in [2.45, 2.75) is 51.2 Å². The van der Waals surface area contributed by atoms with E-state index in [-0.39, 0.29) is 11.9 Å². The Hall–Kier alpha value is -3.19. The van der Waals surface area contributed by atoms with Crippen LogP contribution >= 0.6 is 0 Å². The van der Waals surface area contributed by atoms with Gasteiger partial charge in [-0.25, -0.2) is 9.67 Å². The highest BCUT2D eigenvalue weighted by Gasteiger charge is 2.28. The molecule has 0 radical (unpaired) electrons. The van der Waals surface area contributed by atoms with Gasteiger partial charge in [0.15, 0.2) is 5.82 Å². The number of rotatable bonds is 7.